The minimum Gasteiger partial charge on any atom is -0.0891 e. The third-order valence-electron chi connectivity index (χ3n) is 7.33. The van der Waals surface area contributed by atoms with Gasteiger partial charge in [0.15, 0.2) is 0 Å². The lowest BCUT2D eigenvalue weighted by Gasteiger charge is -2.24. The number of rotatable bonds is 1. The van der Waals surface area contributed by atoms with Gasteiger partial charge in [-0.05, 0) is 97.7 Å². The van der Waals surface area contributed by atoms with Crippen LogP contribution in [0, 0.1) is 6.92 Å². The number of allylic oxidation sites excluding steroid dienone is 1. The molecule has 0 nitrogen and oxygen atoms in total. The van der Waals surface area contributed by atoms with Crippen LogP contribution in [0.25, 0.3) is 59.5 Å². The van der Waals surface area contributed by atoms with Crippen molar-refractivity contribution < 1.29 is 0 Å². The summed E-state index contributed by atoms with van der Waals surface area (Å²) in [6.07, 6.45) is 2.25. The van der Waals surface area contributed by atoms with Crippen molar-refractivity contribution in [3.05, 3.63) is 120 Å². The summed E-state index contributed by atoms with van der Waals surface area (Å²) in [7, 11) is 0. The van der Waals surface area contributed by atoms with Crippen LogP contribution in [0.15, 0.2) is 114 Å². The molecule has 6 aromatic rings. The second kappa shape index (κ2) is 7.86. The number of hydrogen-bond acceptors (Lipinski definition) is 1. The summed E-state index contributed by atoms with van der Waals surface area (Å²) in [6.45, 7) is 4.37. The molecule has 1 heteroatoms. The van der Waals surface area contributed by atoms with Crippen LogP contribution in [0.1, 0.15) is 18.1 Å². The fourth-order valence-electron chi connectivity index (χ4n) is 5.71. The second-order valence-corrected chi connectivity index (χ2v) is 10.4. The van der Waals surface area contributed by atoms with Crippen LogP contribution in [-0.2, 0) is 0 Å². The highest BCUT2D eigenvalue weighted by molar-refractivity contribution is 8.08. The second-order valence-electron chi connectivity index (χ2n) is 9.32. The van der Waals surface area contributed by atoms with Gasteiger partial charge in [0.2, 0.25) is 0 Å². The maximum absolute atomic E-state index is 2.42. The summed E-state index contributed by atoms with van der Waals surface area (Å²) in [4.78, 5) is 2.68. The fourth-order valence-corrected chi connectivity index (χ4v) is 6.85. The first-order valence-electron chi connectivity index (χ1n) is 12.1. The molecular weight excluding hydrogens is 440 g/mol. The average molecular weight is 465 g/mol. The van der Waals surface area contributed by atoms with Crippen LogP contribution in [0.2, 0.25) is 0 Å². The molecule has 0 aliphatic carbocycles. The van der Waals surface area contributed by atoms with Gasteiger partial charge in [-0.25, -0.2) is 0 Å². The SMILES string of the molecule is C/C=C1/Sc2ccc(-c3c4ccccc4cc4c3ccc3ccccc34)cc2-c2cccc(C)c21. The van der Waals surface area contributed by atoms with E-state index in [0.29, 0.717) is 0 Å². The zero-order valence-corrected chi connectivity index (χ0v) is 20.6. The highest BCUT2D eigenvalue weighted by atomic mass is 32.2. The van der Waals surface area contributed by atoms with E-state index >= 15 is 0 Å². The molecule has 0 saturated heterocycles. The Labute approximate surface area is 209 Å². The lowest BCUT2D eigenvalue weighted by Crippen LogP contribution is -1.99. The standard InChI is InChI=1S/C34H24S/c1-3-31-33-21(2)9-8-14-27(33)30-20-24(16-18-32(30)35-31)34-26-13-7-5-11-23(26)19-29-25-12-6-4-10-22(25)15-17-28(29)34/h3-20H,1-2H3/b31-3+. The van der Waals surface area contributed by atoms with E-state index in [-0.39, 0.29) is 0 Å². The first-order chi connectivity index (χ1) is 17.2. The van der Waals surface area contributed by atoms with Crippen molar-refractivity contribution in [2.45, 2.75) is 18.7 Å². The van der Waals surface area contributed by atoms with Gasteiger partial charge in [0.25, 0.3) is 0 Å². The number of hydrogen-bond donors (Lipinski definition) is 0. The van der Waals surface area contributed by atoms with Crippen LogP contribution in [0.4, 0.5) is 0 Å². The highest BCUT2D eigenvalue weighted by Crippen LogP contribution is 2.51. The topological polar surface area (TPSA) is 0 Å². The Bertz CT molecular complexity index is 1840. The Hall–Kier alpha value is -3.81. The monoisotopic (exact) mass is 464 g/mol. The molecule has 6 aromatic carbocycles. The summed E-state index contributed by atoms with van der Waals surface area (Å²) in [5, 5.41) is 7.81. The molecule has 0 bridgehead atoms. The van der Waals surface area contributed by atoms with Crippen LogP contribution >= 0.6 is 11.8 Å². The minimum absolute atomic E-state index is 1.28. The molecule has 0 N–H and O–H groups in total. The minimum atomic E-state index is 1.28. The van der Waals surface area contributed by atoms with Crippen molar-refractivity contribution in [1.82, 2.24) is 0 Å². The Morgan fingerprint density at radius 2 is 1.37 bits per heavy atom. The average Bonchev–Trinajstić information content (AvgIpc) is 2.91. The van der Waals surface area contributed by atoms with Crippen molar-refractivity contribution in [1.29, 1.82) is 0 Å². The molecule has 1 aliphatic heterocycles. The molecule has 1 aliphatic rings. The molecule has 0 spiro atoms. The molecule has 7 rings (SSSR count). The molecule has 0 aromatic heterocycles. The summed E-state index contributed by atoms with van der Waals surface area (Å²) >= 11 is 1.89. The first-order valence-corrected chi connectivity index (χ1v) is 13.0. The maximum Gasteiger partial charge on any atom is 0.0201 e. The zero-order valence-electron chi connectivity index (χ0n) is 19.8. The van der Waals surface area contributed by atoms with Gasteiger partial charge in [0.1, 0.15) is 0 Å². The van der Waals surface area contributed by atoms with Crippen LogP contribution < -0.4 is 0 Å². The Morgan fingerprint density at radius 3 is 2.23 bits per heavy atom. The fraction of sp³-hybridized carbons (Fsp3) is 0.0588. The molecule has 0 unspecified atom stereocenters. The van der Waals surface area contributed by atoms with Crippen molar-refractivity contribution >= 4 is 49.0 Å². The third kappa shape index (κ3) is 3.08. The van der Waals surface area contributed by atoms with E-state index in [1.165, 1.54) is 75.5 Å². The molecule has 1 heterocycles. The van der Waals surface area contributed by atoms with Gasteiger partial charge in [-0.3, -0.25) is 0 Å². The molecule has 0 radical (unpaired) electrons. The lowest BCUT2D eigenvalue weighted by molar-refractivity contribution is 1.38. The predicted molar refractivity (Wildman–Crippen MR) is 154 cm³/mol. The van der Waals surface area contributed by atoms with Crippen LogP contribution in [-0.4, -0.2) is 0 Å². The normalized spacial score (nSPS) is 13.9. The zero-order chi connectivity index (χ0) is 23.5. The predicted octanol–water partition coefficient (Wildman–Crippen LogP) is 10.3. The number of thioether (sulfide) groups is 1. The summed E-state index contributed by atoms with van der Waals surface area (Å²) < 4.78 is 0. The van der Waals surface area contributed by atoms with E-state index in [4.69, 9.17) is 0 Å². The van der Waals surface area contributed by atoms with E-state index in [0.717, 1.165) is 0 Å². The summed E-state index contributed by atoms with van der Waals surface area (Å²) in [6, 6.07) is 38.2. The third-order valence-corrected chi connectivity index (χ3v) is 8.57. The van der Waals surface area contributed by atoms with Crippen molar-refractivity contribution in [3.63, 3.8) is 0 Å². The van der Waals surface area contributed by atoms with Gasteiger partial charge in [-0.2, -0.15) is 0 Å². The first kappa shape index (κ1) is 20.6. The molecular formula is C34H24S. The van der Waals surface area contributed by atoms with Gasteiger partial charge in [-0.15, -0.1) is 0 Å². The molecule has 0 amide bonds. The van der Waals surface area contributed by atoms with E-state index in [2.05, 4.69) is 123 Å². The highest BCUT2D eigenvalue weighted by Gasteiger charge is 2.23. The molecule has 166 valence electrons. The van der Waals surface area contributed by atoms with Crippen LogP contribution in [0.5, 0.6) is 0 Å². The van der Waals surface area contributed by atoms with E-state index in [1.54, 1.807) is 0 Å². The van der Waals surface area contributed by atoms with Gasteiger partial charge >= 0.3 is 0 Å². The summed E-state index contributed by atoms with van der Waals surface area (Å²) in [5.41, 5.74) is 7.97. The Balaban J connectivity index is 1.57. The van der Waals surface area contributed by atoms with Gasteiger partial charge < -0.3 is 0 Å². The van der Waals surface area contributed by atoms with Gasteiger partial charge in [0.05, 0.1) is 0 Å². The van der Waals surface area contributed by atoms with E-state index in [9.17, 15) is 0 Å². The molecule has 0 saturated carbocycles. The van der Waals surface area contributed by atoms with Crippen molar-refractivity contribution in [2.75, 3.05) is 0 Å². The largest absolute Gasteiger partial charge is 0.0891 e. The number of fused-ring (bicyclic) bond motifs is 7. The quantitative estimate of drug-likeness (QED) is 0.172. The van der Waals surface area contributed by atoms with E-state index < -0.39 is 0 Å². The van der Waals surface area contributed by atoms with E-state index in [1.807, 2.05) is 11.8 Å². The number of benzene rings is 6. The summed E-state index contributed by atoms with van der Waals surface area (Å²) in [5.74, 6) is 0. The van der Waals surface area contributed by atoms with Crippen molar-refractivity contribution in [3.8, 4) is 22.3 Å². The van der Waals surface area contributed by atoms with Crippen molar-refractivity contribution in [2.24, 2.45) is 0 Å². The maximum atomic E-state index is 2.42. The smallest absolute Gasteiger partial charge is 0.0201 e. The molecule has 35 heavy (non-hydrogen) atoms. The van der Waals surface area contributed by atoms with Gasteiger partial charge in [0, 0.05) is 9.80 Å². The molecule has 0 fully saturated rings. The van der Waals surface area contributed by atoms with Gasteiger partial charge in [-0.1, -0.05) is 103 Å². The number of aryl methyl sites for hydroxylation is 1. The Kier molecular flexibility index (Phi) is 4.62. The lowest BCUT2D eigenvalue weighted by atomic mass is 9.88. The Morgan fingerprint density at radius 1 is 0.571 bits per heavy atom. The van der Waals surface area contributed by atoms with Crippen LogP contribution in [0.3, 0.4) is 0 Å². The molecule has 0 atom stereocenters.